The first kappa shape index (κ1) is 22.2. The highest BCUT2D eigenvalue weighted by Gasteiger charge is 2.08. The zero-order valence-corrected chi connectivity index (χ0v) is 17.2. The molecule has 0 spiro atoms. The van der Waals surface area contributed by atoms with E-state index >= 15 is 0 Å². The van der Waals surface area contributed by atoms with E-state index in [1.165, 1.54) is 0 Å². The molecule has 0 radical (unpaired) electrons. The molecule has 3 N–H and O–H groups in total. The highest BCUT2D eigenvalue weighted by atomic mass is 16.5. The van der Waals surface area contributed by atoms with Gasteiger partial charge in [0.05, 0.1) is 13.2 Å². The average Bonchev–Trinajstić information content (AvgIpc) is 2.70. The van der Waals surface area contributed by atoms with Gasteiger partial charge in [-0.2, -0.15) is 0 Å². The highest BCUT2D eigenvalue weighted by molar-refractivity contribution is 5.96. The molecule has 2 amide bonds. The third-order valence-electron chi connectivity index (χ3n) is 3.82. The lowest BCUT2D eigenvalue weighted by molar-refractivity contribution is -0.114. The monoisotopic (exact) mass is 399 g/mol. The van der Waals surface area contributed by atoms with Gasteiger partial charge in [0, 0.05) is 35.7 Å². The van der Waals surface area contributed by atoms with Gasteiger partial charge in [0.15, 0.2) is 0 Å². The summed E-state index contributed by atoms with van der Waals surface area (Å²) >= 11 is 0. The van der Waals surface area contributed by atoms with E-state index in [4.69, 9.17) is 9.47 Å². The normalized spacial score (nSPS) is 10.5. The summed E-state index contributed by atoms with van der Waals surface area (Å²) in [5, 5.41) is 8.71. The molecule has 0 saturated heterocycles. The van der Waals surface area contributed by atoms with Crippen molar-refractivity contribution in [1.82, 2.24) is 5.32 Å². The molecule has 7 heteroatoms. The van der Waals surface area contributed by atoms with Gasteiger partial charge in [-0.25, -0.2) is 0 Å². The van der Waals surface area contributed by atoms with E-state index in [9.17, 15) is 9.59 Å². The summed E-state index contributed by atoms with van der Waals surface area (Å²) in [6.07, 6.45) is 0. The van der Waals surface area contributed by atoms with Gasteiger partial charge in [-0.05, 0) is 51.1 Å². The van der Waals surface area contributed by atoms with E-state index in [1.807, 2.05) is 39.0 Å². The molecule has 0 bridgehead atoms. The number of rotatable bonds is 11. The van der Waals surface area contributed by atoms with Crippen molar-refractivity contribution in [2.24, 2.45) is 0 Å². The number of carbonyl (C=O) groups is 2. The molecule has 2 aromatic rings. The fourth-order valence-corrected chi connectivity index (χ4v) is 2.53. The Balaban J connectivity index is 1.85. The first-order chi connectivity index (χ1) is 14.0. The standard InChI is InChI=1S/C22H29N3O4/c1-4-28-11-12-29-20-10-6-9-19(14-20)25-21(26)15-23-18-8-5-7-17(13-18)22(27)24-16(2)3/h5-10,13-14,16,23H,4,11-12,15H2,1-3H3,(H,24,27)(H,25,26). The van der Waals surface area contributed by atoms with Gasteiger partial charge in [-0.1, -0.05) is 12.1 Å². The molecule has 2 rings (SSSR count). The predicted octanol–water partition coefficient (Wildman–Crippen LogP) is 3.29. The molecule has 156 valence electrons. The Hall–Kier alpha value is -3.06. The molecule has 0 unspecified atom stereocenters. The van der Waals surface area contributed by atoms with Crippen molar-refractivity contribution in [1.29, 1.82) is 0 Å². The third kappa shape index (κ3) is 8.23. The van der Waals surface area contributed by atoms with Gasteiger partial charge in [0.2, 0.25) is 5.91 Å². The summed E-state index contributed by atoms with van der Waals surface area (Å²) in [4.78, 5) is 24.3. The van der Waals surface area contributed by atoms with Crippen LogP contribution in [0.2, 0.25) is 0 Å². The van der Waals surface area contributed by atoms with E-state index in [0.29, 0.717) is 42.5 Å². The van der Waals surface area contributed by atoms with Crippen molar-refractivity contribution >= 4 is 23.2 Å². The van der Waals surface area contributed by atoms with Crippen molar-refractivity contribution in [3.63, 3.8) is 0 Å². The summed E-state index contributed by atoms with van der Waals surface area (Å²) < 4.78 is 10.8. The number of hydrogen-bond donors (Lipinski definition) is 3. The molecular weight excluding hydrogens is 370 g/mol. The number of carbonyl (C=O) groups excluding carboxylic acids is 2. The second-order valence-electron chi connectivity index (χ2n) is 6.68. The van der Waals surface area contributed by atoms with Gasteiger partial charge in [-0.15, -0.1) is 0 Å². The molecule has 0 heterocycles. The smallest absolute Gasteiger partial charge is 0.251 e. The van der Waals surface area contributed by atoms with Crippen LogP contribution in [0.3, 0.4) is 0 Å². The van der Waals surface area contributed by atoms with Crippen LogP contribution in [0.5, 0.6) is 5.75 Å². The Morgan fingerprint density at radius 2 is 1.76 bits per heavy atom. The van der Waals surface area contributed by atoms with E-state index < -0.39 is 0 Å². The first-order valence-electron chi connectivity index (χ1n) is 9.73. The van der Waals surface area contributed by atoms with E-state index in [-0.39, 0.29) is 24.4 Å². The number of amides is 2. The van der Waals surface area contributed by atoms with Crippen LogP contribution in [-0.2, 0) is 9.53 Å². The molecule has 2 aromatic carbocycles. The van der Waals surface area contributed by atoms with Crippen LogP contribution in [0.25, 0.3) is 0 Å². The van der Waals surface area contributed by atoms with E-state index in [0.717, 1.165) is 0 Å². The SMILES string of the molecule is CCOCCOc1cccc(NC(=O)CNc2cccc(C(=O)NC(C)C)c2)c1. The largest absolute Gasteiger partial charge is 0.491 e. The molecular formula is C22H29N3O4. The molecule has 7 nitrogen and oxygen atoms in total. The van der Waals surface area contributed by atoms with Crippen molar-refractivity contribution in [3.8, 4) is 5.75 Å². The summed E-state index contributed by atoms with van der Waals surface area (Å²) in [6, 6.07) is 14.3. The second-order valence-corrected chi connectivity index (χ2v) is 6.68. The van der Waals surface area contributed by atoms with Gasteiger partial charge < -0.3 is 25.4 Å². The summed E-state index contributed by atoms with van der Waals surface area (Å²) in [5.74, 6) is 0.321. The lowest BCUT2D eigenvalue weighted by Crippen LogP contribution is -2.30. The van der Waals surface area contributed by atoms with Crippen molar-refractivity contribution in [3.05, 3.63) is 54.1 Å². The molecule has 0 fully saturated rings. The Bertz CT molecular complexity index is 808. The molecule has 29 heavy (non-hydrogen) atoms. The number of anilines is 2. The van der Waals surface area contributed by atoms with Crippen LogP contribution in [0.4, 0.5) is 11.4 Å². The molecule has 0 aliphatic heterocycles. The second kappa shape index (κ2) is 11.7. The number of nitrogens with one attached hydrogen (secondary N) is 3. The fraction of sp³-hybridized carbons (Fsp3) is 0.364. The first-order valence-corrected chi connectivity index (χ1v) is 9.73. The molecule has 0 aromatic heterocycles. The summed E-state index contributed by atoms with van der Waals surface area (Å²) in [7, 11) is 0. The van der Waals surface area contributed by atoms with Gasteiger partial charge in [-0.3, -0.25) is 9.59 Å². The molecule has 0 atom stereocenters. The zero-order chi connectivity index (χ0) is 21.1. The lowest BCUT2D eigenvalue weighted by atomic mass is 10.1. The highest BCUT2D eigenvalue weighted by Crippen LogP contribution is 2.17. The van der Waals surface area contributed by atoms with Crippen molar-refractivity contribution in [2.45, 2.75) is 26.8 Å². The van der Waals surface area contributed by atoms with E-state index in [1.54, 1.807) is 30.3 Å². The average molecular weight is 399 g/mol. The van der Waals surface area contributed by atoms with Gasteiger partial charge in [0.1, 0.15) is 12.4 Å². The van der Waals surface area contributed by atoms with Crippen molar-refractivity contribution < 1.29 is 19.1 Å². The topological polar surface area (TPSA) is 88.7 Å². The minimum absolute atomic E-state index is 0.0591. The van der Waals surface area contributed by atoms with Crippen LogP contribution in [0, 0.1) is 0 Å². The summed E-state index contributed by atoms with van der Waals surface area (Å²) in [5.41, 5.74) is 1.89. The number of ether oxygens (including phenoxy) is 2. The zero-order valence-electron chi connectivity index (χ0n) is 17.2. The van der Waals surface area contributed by atoms with Crippen LogP contribution < -0.4 is 20.7 Å². The van der Waals surface area contributed by atoms with Crippen LogP contribution in [-0.4, -0.2) is 44.2 Å². The summed E-state index contributed by atoms with van der Waals surface area (Å²) in [6.45, 7) is 7.44. The van der Waals surface area contributed by atoms with Gasteiger partial charge >= 0.3 is 0 Å². The van der Waals surface area contributed by atoms with Crippen LogP contribution in [0.15, 0.2) is 48.5 Å². The third-order valence-corrected chi connectivity index (χ3v) is 3.82. The Kier molecular flexibility index (Phi) is 8.98. The molecule has 0 saturated carbocycles. The maximum absolute atomic E-state index is 12.2. The minimum atomic E-state index is -0.200. The van der Waals surface area contributed by atoms with Crippen LogP contribution >= 0.6 is 0 Å². The Labute approximate surface area is 171 Å². The maximum atomic E-state index is 12.2. The molecule has 0 aliphatic carbocycles. The van der Waals surface area contributed by atoms with E-state index in [2.05, 4.69) is 16.0 Å². The Morgan fingerprint density at radius 3 is 2.52 bits per heavy atom. The quantitative estimate of drug-likeness (QED) is 0.505. The number of hydrogen-bond acceptors (Lipinski definition) is 5. The number of benzene rings is 2. The minimum Gasteiger partial charge on any atom is -0.491 e. The molecule has 0 aliphatic rings. The Morgan fingerprint density at radius 1 is 1.00 bits per heavy atom. The van der Waals surface area contributed by atoms with Gasteiger partial charge in [0.25, 0.3) is 5.91 Å². The predicted molar refractivity (Wildman–Crippen MR) is 115 cm³/mol. The maximum Gasteiger partial charge on any atom is 0.251 e. The van der Waals surface area contributed by atoms with Crippen molar-refractivity contribution in [2.75, 3.05) is 37.0 Å². The van der Waals surface area contributed by atoms with Crippen LogP contribution in [0.1, 0.15) is 31.1 Å². The lowest BCUT2D eigenvalue weighted by Gasteiger charge is -2.12. The fourth-order valence-electron chi connectivity index (χ4n) is 2.53.